The summed E-state index contributed by atoms with van der Waals surface area (Å²) in [6.45, 7) is 1.81. The lowest BCUT2D eigenvalue weighted by molar-refractivity contribution is 0.0430. The molecule has 0 bridgehead atoms. The van der Waals surface area contributed by atoms with Gasteiger partial charge in [-0.15, -0.1) is 0 Å². The first-order chi connectivity index (χ1) is 14.6. The topological polar surface area (TPSA) is 107 Å². The maximum absolute atomic E-state index is 12.3. The van der Waals surface area contributed by atoms with Crippen LogP contribution in [0.1, 0.15) is 32.4 Å². The van der Waals surface area contributed by atoms with Gasteiger partial charge in [0.25, 0.3) is 11.8 Å². The molecule has 8 nitrogen and oxygen atoms in total. The molecular formula is C22H17N3O5. The number of carbonyl (C=O) groups excluding carboxylic acids is 2. The zero-order chi connectivity index (χ0) is 20.9. The Morgan fingerprint density at radius 3 is 2.57 bits per heavy atom. The fourth-order valence-electron chi connectivity index (χ4n) is 2.75. The number of rotatable bonds is 6. The average Bonchev–Trinajstić information content (AvgIpc) is 3.45. The quantitative estimate of drug-likeness (QED) is 0.480. The lowest BCUT2D eigenvalue weighted by Crippen LogP contribution is -2.11. The van der Waals surface area contributed by atoms with Crippen molar-refractivity contribution in [1.82, 2.24) is 10.1 Å². The second-order valence-corrected chi connectivity index (χ2v) is 6.41. The van der Waals surface area contributed by atoms with Crippen LogP contribution in [0.3, 0.4) is 0 Å². The van der Waals surface area contributed by atoms with Crippen molar-refractivity contribution in [3.05, 3.63) is 89.7 Å². The minimum atomic E-state index is -0.547. The summed E-state index contributed by atoms with van der Waals surface area (Å²) in [4.78, 5) is 28.5. The van der Waals surface area contributed by atoms with Crippen LogP contribution in [0, 0.1) is 6.92 Å². The second kappa shape index (κ2) is 8.44. The summed E-state index contributed by atoms with van der Waals surface area (Å²) >= 11 is 0. The Hall–Kier alpha value is -4.20. The highest BCUT2D eigenvalue weighted by Gasteiger charge is 2.14. The fraction of sp³-hybridized carbons (Fsp3) is 0.0909. The van der Waals surface area contributed by atoms with Gasteiger partial charge in [0.15, 0.2) is 12.4 Å². The number of esters is 1. The molecule has 0 radical (unpaired) electrons. The van der Waals surface area contributed by atoms with Crippen LogP contribution in [0.2, 0.25) is 0 Å². The number of carbonyl (C=O) groups is 2. The van der Waals surface area contributed by atoms with E-state index in [0.717, 1.165) is 11.1 Å². The summed E-state index contributed by atoms with van der Waals surface area (Å²) in [5, 5.41) is 6.61. The first-order valence-electron chi connectivity index (χ1n) is 9.11. The molecule has 1 amide bonds. The Morgan fingerprint density at radius 2 is 1.83 bits per heavy atom. The van der Waals surface area contributed by atoms with Crippen molar-refractivity contribution in [2.45, 2.75) is 13.5 Å². The van der Waals surface area contributed by atoms with Gasteiger partial charge in [0.05, 0.1) is 11.8 Å². The number of anilines is 1. The van der Waals surface area contributed by atoms with E-state index in [-0.39, 0.29) is 24.2 Å². The fourth-order valence-corrected chi connectivity index (χ4v) is 2.75. The standard InChI is InChI=1S/C22H17N3O5/c1-14-5-2-3-6-17(14)20-24-19(30-25-20)13-29-22(27)15-8-10-16(11-9-15)23-21(26)18-7-4-12-28-18/h2-12H,13H2,1H3,(H,23,26). The number of nitrogens with zero attached hydrogens (tertiary/aromatic N) is 2. The van der Waals surface area contributed by atoms with Crippen LogP contribution < -0.4 is 5.32 Å². The predicted octanol–water partition coefficient (Wildman–Crippen LogP) is 4.25. The summed E-state index contributed by atoms with van der Waals surface area (Å²) in [5.74, 6) is -0.0893. The predicted molar refractivity (Wildman–Crippen MR) is 107 cm³/mol. The Bertz CT molecular complexity index is 1160. The van der Waals surface area contributed by atoms with E-state index in [2.05, 4.69) is 15.5 Å². The number of aryl methyl sites for hydroxylation is 1. The molecule has 0 fully saturated rings. The molecule has 30 heavy (non-hydrogen) atoms. The van der Waals surface area contributed by atoms with Crippen molar-refractivity contribution in [3.8, 4) is 11.4 Å². The van der Waals surface area contributed by atoms with Crippen molar-refractivity contribution >= 4 is 17.6 Å². The van der Waals surface area contributed by atoms with Crippen LogP contribution in [0.15, 0.2) is 75.9 Å². The number of furan rings is 1. The summed E-state index contributed by atoms with van der Waals surface area (Å²) in [6.07, 6.45) is 1.42. The van der Waals surface area contributed by atoms with Gasteiger partial charge in [-0.05, 0) is 48.9 Å². The first-order valence-corrected chi connectivity index (χ1v) is 9.11. The Kier molecular flexibility index (Phi) is 5.38. The number of benzene rings is 2. The van der Waals surface area contributed by atoms with E-state index in [0.29, 0.717) is 17.1 Å². The van der Waals surface area contributed by atoms with Crippen molar-refractivity contribution in [1.29, 1.82) is 0 Å². The highest BCUT2D eigenvalue weighted by atomic mass is 16.6. The first kappa shape index (κ1) is 19.1. The summed E-state index contributed by atoms with van der Waals surface area (Å²) in [6, 6.07) is 17.1. The Balaban J connectivity index is 1.34. The SMILES string of the molecule is Cc1ccccc1-c1noc(COC(=O)c2ccc(NC(=O)c3ccco3)cc2)n1. The molecular weight excluding hydrogens is 386 g/mol. The normalized spacial score (nSPS) is 10.6. The molecule has 0 aliphatic carbocycles. The van der Waals surface area contributed by atoms with Crippen LogP contribution in [0.4, 0.5) is 5.69 Å². The maximum atomic E-state index is 12.3. The molecule has 0 aliphatic heterocycles. The molecule has 4 rings (SSSR count). The Labute approximate surface area is 171 Å². The third kappa shape index (κ3) is 4.27. The number of nitrogens with one attached hydrogen (secondary N) is 1. The van der Waals surface area contributed by atoms with E-state index in [1.54, 1.807) is 36.4 Å². The van der Waals surface area contributed by atoms with Crippen molar-refractivity contribution in [2.75, 3.05) is 5.32 Å². The van der Waals surface area contributed by atoms with E-state index in [4.69, 9.17) is 13.7 Å². The van der Waals surface area contributed by atoms with Crippen LogP contribution in [-0.4, -0.2) is 22.0 Å². The molecule has 0 atom stereocenters. The maximum Gasteiger partial charge on any atom is 0.338 e. The number of aromatic nitrogens is 2. The molecule has 0 aliphatic rings. The number of hydrogen-bond acceptors (Lipinski definition) is 7. The van der Waals surface area contributed by atoms with Crippen LogP contribution in [0.5, 0.6) is 0 Å². The summed E-state index contributed by atoms with van der Waals surface area (Å²) in [5.41, 5.74) is 2.71. The zero-order valence-electron chi connectivity index (χ0n) is 16.0. The molecule has 4 aromatic rings. The van der Waals surface area contributed by atoms with E-state index in [1.807, 2.05) is 31.2 Å². The van der Waals surface area contributed by atoms with Gasteiger partial charge in [-0.2, -0.15) is 4.98 Å². The van der Waals surface area contributed by atoms with Gasteiger partial charge in [0.1, 0.15) is 0 Å². The van der Waals surface area contributed by atoms with Gasteiger partial charge in [-0.3, -0.25) is 4.79 Å². The van der Waals surface area contributed by atoms with Gasteiger partial charge in [-0.1, -0.05) is 29.4 Å². The molecule has 150 valence electrons. The number of hydrogen-bond donors (Lipinski definition) is 1. The molecule has 0 saturated heterocycles. The minimum Gasteiger partial charge on any atom is -0.459 e. The second-order valence-electron chi connectivity index (χ2n) is 6.41. The van der Waals surface area contributed by atoms with E-state index in [1.165, 1.54) is 6.26 Å². The molecule has 2 heterocycles. The highest BCUT2D eigenvalue weighted by molar-refractivity contribution is 6.02. The summed E-state index contributed by atoms with van der Waals surface area (Å²) < 4.78 is 15.4. The van der Waals surface area contributed by atoms with Crippen molar-refractivity contribution in [2.24, 2.45) is 0 Å². The van der Waals surface area contributed by atoms with Gasteiger partial charge in [-0.25, -0.2) is 4.79 Å². The van der Waals surface area contributed by atoms with Gasteiger partial charge >= 0.3 is 5.97 Å². The zero-order valence-corrected chi connectivity index (χ0v) is 16.0. The largest absolute Gasteiger partial charge is 0.459 e. The van der Waals surface area contributed by atoms with Crippen molar-refractivity contribution in [3.63, 3.8) is 0 Å². The lowest BCUT2D eigenvalue weighted by atomic mass is 10.1. The van der Waals surface area contributed by atoms with E-state index < -0.39 is 5.97 Å². The lowest BCUT2D eigenvalue weighted by Gasteiger charge is -2.05. The Morgan fingerprint density at radius 1 is 1.03 bits per heavy atom. The minimum absolute atomic E-state index is 0.144. The summed E-state index contributed by atoms with van der Waals surface area (Å²) in [7, 11) is 0. The van der Waals surface area contributed by atoms with Crippen LogP contribution >= 0.6 is 0 Å². The monoisotopic (exact) mass is 403 g/mol. The third-order valence-electron chi connectivity index (χ3n) is 4.30. The molecule has 0 spiro atoms. The van der Waals surface area contributed by atoms with Gasteiger partial charge < -0.3 is 19.0 Å². The molecule has 8 heteroatoms. The molecule has 0 saturated carbocycles. The highest BCUT2D eigenvalue weighted by Crippen LogP contribution is 2.20. The smallest absolute Gasteiger partial charge is 0.338 e. The molecule has 2 aromatic carbocycles. The van der Waals surface area contributed by atoms with Crippen LogP contribution in [0.25, 0.3) is 11.4 Å². The van der Waals surface area contributed by atoms with Crippen molar-refractivity contribution < 1.29 is 23.3 Å². The number of amides is 1. The third-order valence-corrected chi connectivity index (χ3v) is 4.30. The molecule has 2 aromatic heterocycles. The van der Waals surface area contributed by atoms with Crippen LogP contribution in [-0.2, 0) is 11.3 Å². The molecule has 0 unspecified atom stereocenters. The molecule has 1 N–H and O–H groups in total. The van der Waals surface area contributed by atoms with Gasteiger partial charge in [0.2, 0.25) is 5.82 Å². The number of ether oxygens (including phenoxy) is 1. The average molecular weight is 403 g/mol. The van der Waals surface area contributed by atoms with E-state index >= 15 is 0 Å². The van der Waals surface area contributed by atoms with E-state index in [9.17, 15) is 9.59 Å². The van der Waals surface area contributed by atoms with Gasteiger partial charge in [0, 0.05) is 11.3 Å².